The Morgan fingerprint density at radius 1 is 1.21 bits per heavy atom. The first-order valence-electron chi connectivity index (χ1n) is 9.50. The molecular formula is C20H24N4O4. The zero-order valence-corrected chi connectivity index (χ0v) is 16.2. The summed E-state index contributed by atoms with van der Waals surface area (Å²) in [5.74, 6) is 0.490. The molecular weight excluding hydrogens is 360 g/mol. The van der Waals surface area contributed by atoms with Crippen LogP contribution in [0.15, 0.2) is 27.8 Å². The van der Waals surface area contributed by atoms with E-state index in [9.17, 15) is 14.7 Å². The second-order valence-electron chi connectivity index (χ2n) is 6.88. The summed E-state index contributed by atoms with van der Waals surface area (Å²) < 4.78 is 7.75. The number of hydrogen-bond acceptors (Lipinski definition) is 5. The Morgan fingerprint density at radius 3 is 2.64 bits per heavy atom. The van der Waals surface area contributed by atoms with Gasteiger partial charge < -0.3 is 20.1 Å². The van der Waals surface area contributed by atoms with E-state index in [0.29, 0.717) is 6.54 Å². The Labute approximate surface area is 161 Å². The first-order chi connectivity index (χ1) is 13.5. The molecule has 1 atom stereocenters. The van der Waals surface area contributed by atoms with Gasteiger partial charge in [0, 0.05) is 36.2 Å². The Hall–Kier alpha value is -3.00. The van der Waals surface area contributed by atoms with Crippen LogP contribution in [0.25, 0.3) is 10.9 Å². The molecule has 28 heavy (non-hydrogen) atoms. The molecule has 1 aromatic carbocycles. The monoisotopic (exact) mass is 384 g/mol. The molecule has 8 nitrogen and oxygen atoms in total. The van der Waals surface area contributed by atoms with E-state index in [2.05, 4.69) is 10.3 Å². The summed E-state index contributed by atoms with van der Waals surface area (Å²) in [5, 5.41) is 15.2. The van der Waals surface area contributed by atoms with Crippen LogP contribution in [-0.4, -0.2) is 32.9 Å². The summed E-state index contributed by atoms with van der Waals surface area (Å²) in [4.78, 5) is 28.9. The lowest BCUT2D eigenvalue weighted by atomic mass is 9.95. The molecule has 2 aromatic heterocycles. The van der Waals surface area contributed by atoms with Crippen molar-refractivity contribution in [2.24, 2.45) is 0 Å². The lowest BCUT2D eigenvalue weighted by Gasteiger charge is -2.26. The van der Waals surface area contributed by atoms with E-state index in [-0.39, 0.29) is 24.5 Å². The zero-order chi connectivity index (χ0) is 20.0. The van der Waals surface area contributed by atoms with Gasteiger partial charge in [-0.05, 0) is 44.0 Å². The number of nitrogens with zero attached hydrogens (tertiary/aromatic N) is 2. The summed E-state index contributed by atoms with van der Waals surface area (Å²) in [7, 11) is 1.63. The van der Waals surface area contributed by atoms with Crippen LogP contribution < -0.4 is 21.3 Å². The minimum atomic E-state index is -0.522. The third kappa shape index (κ3) is 2.56. The zero-order valence-electron chi connectivity index (χ0n) is 16.2. The molecule has 0 radical (unpaired) electrons. The van der Waals surface area contributed by atoms with Gasteiger partial charge in [0.15, 0.2) is 0 Å². The molecule has 148 valence electrons. The van der Waals surface area contributed by atoms with Crippen molar-refractivity contribution in [2.45, 2.75) is 39.4 Å². The molecule has 3 N–H and O–H groups in total. The molecule has 0 spiro atoms. The Morgan fingerprint density at radius 2 is 1.96 bits per heavy atom. The van der Waals surface area contributed by atoms with Gasteiger partial charge in [0.05, 0.1) is 13.2 Å². The third-order valence-electron chi connectivity index (χ3n) is 5.51. The number of nitrogens with one attached hydrogen (secondary N) is 2. The Kier molecular flexibility index (Phi) is 4.50. The molecule has 0 fully saturated rings. The minimum absolute atomic E-state index is 0.197. The number of benzene rings is 1. The number of ether oxygens (including phenoxy) is 1. The van der Waals surface area contributed by atoms with Gasteiger partial charge in [0.2, 0.25) is 5.88 Å². The van der Waals surface area contributed by atoms with Crippen LogP contribution in [0.3, 0.4) is 0 Å². The van der Waals surface area contributed by atoms with Gasteiger partial charge in [-0.15, -0.1) is 0 Å². The summed E-state index contributed by atoms with van der Waals surface area (Å²) in [6.45, 7) is 4.69. The van der Waals surface area contributed by atoms with Crippen molar-refractivity contribution >= 4 is 10.9 Å². The number of H-pyrrole nitrogens is 1. The number of hydrogen-bond donors (Lipinski definition) is 3. The topological polar surface area (TPSA) is 101 Å². The molecule has 1 aliphatic rings. The highest BCUT2D eigenvalue weighted by Gasteiger charge is 2.32. The molecule has 3 heterocycles. The first kappa shape index (κ1) is 18.4. The van der Waals surface area contributed by atoms with Crippen molar-refractivity contribution in [1.82, 2.24) is 19.4 Å². The lowest BCUT2D eigenvalue weighted by Crippen LogP contribution is -2.44. The van der Waals surface area contributed by atoms with Crippen molar-refractivity contribution in [3.63, 3.8) is 0 Å². The molecule has 0 saturated heterocycles. The van der Waals surface area contributed by atoms with Crippen LogP contribution in [0.4, 0.5) is 0 Å². The molecule has 0 saturated carbocycles. The van der Waals surface area contributed by atoms with Gasteiger partial charge >= 0.3 is 5.69 Å². The Balaban J connectivity index is 1.99. The van der Waals surface area contributed by atoms with E-state index in [1.165, 1.54) is 9.13 Å². The largest absolute Gasteiger partial charge is 0.497 e. The quantitative estimate of drug-likeness (QED) is 0.633. The Bertz CT molecular complexity index is 1170. The number of aromatic nitrogens is 3. The molecule has 3 aromatic rings. The fourth-order valence-corrected chi connectivity index (χ4v) is 4.11. The molecule has 8 heteroatoms. The SMILES string of the molecule is CCn1c(O)c([C@H]2NCCc3c2[nH]c2ccc(OC)cc32)c(=O)n(CC)c1=O. The summed E-state index contributed by atoms with van der Waals surface area (Å²) >= 11 is 0. The van der Waals surface area contributed by atoms with Crippen LogP contribution in [0.2, 0.25) is 0 Å². The summed E-state index contributed by atoms with van der Waals surface area (Å²) in [6, 6.07) is 5.28. The predicted octanol–water partition coefficient (Wildman–Crippen LogP) is 1.48. The summed E-state index contributed by atoms with van der Waals surface area (Å²) in [6.07, 6.45) is 0.787. The average Bonchev–Trinajstić information content (AvgIpc) is 3.07. The molecule has 0 amide bonds. The van der Waals surface area contributed by atoms with Gasteiger partial charge in [0.1, 0.15) is 11.3 Å². The van der Waals surface area contributed by atoms with Crippen molar-refractivity contribution in [3.05, 3.63) is 55.9 Å². The number of aromatic hydroxyl groups is 1. The van der Waals surface area contributed by atoms with E-state index >= 15 is 0 Å². The third-order valence-corrected chi connectivity index (χ3v) is 5.51. The van der Waals surface area contributed by atoms with Gasteiger partial charge in [-0.3, -0.25) is 13.9 Å². The second-order valence-corrected chi connectivity index (χ2v) is 6.88. The second kappa shape index (κ2) is 6.87. The first-order valence-corrected chi connectivity index (χ1v) is 9.50. The van der Waals surface area contributed by atoms with Gasteiger partial charge in [0.25, 0.3) is 5.56 Å². The molecule has 0 bridgehead atoms. The predicted molar refractivity (Wildman–Crippen MR) is 106 cm³/mol. The van der Waals surface area contributed by atoms with E-state index in [0.717, 1.165) is 34.3 Å². The number of rotatable bonds is 4. The maximum atomic E-state index is 13.1. The smallest absolute Gasteiger partial charge is 0.333 e. The van der Waals surface area contributed by atoms with E-state index in [4.69, 9.17) is 4.74 Å². The number of methoxy groups -OCH3 is 1. The highest BCUT2D eigenvalue weighted by molar-refractivity contribution is 5.86. The van der Waals surface area contributed by atoms with Gasteiger partial charge in [-0.25, -0.2) is 4.79 Å². The number of fused-ring (bicyclic) bond motifs is 3. The normalized spacial score (nSPS) is 16.3. The van der Waals surface area contributed by atoms with Crippen LogP contribution in [0.5, 0.6) is 11.6 Å². The van der Waals surface area contributed by atoms with Crippen LogP contribution in [-0.2, 0) is 19.5 Å². The van der Waals surface area contributed by atoms with Crippen LogP contribution in [0.1, 0.15) is 36.7 Å². The number of aromatic amines is 1. The van der Waals surface area contributed by atoms with E-state index in [1.807, 2.05) is 18.2 Å². The van der Waals surface area contributed by atoms with Crippen molar-refractivity contribution in [3.8, 4) is 11.6 Å². The maximum absolute atomic E-state index is 13.1. The molecule has 0 aliphatic carbocycles. The highest BCUT2D eigenvalue weighted by atomic mass is 16.5. The van der Waals surface area contributed by atoms with Crippen molar-refractivity contribution in [1.29, 1.82) is 0 Å². The standard InChI is InChI=1S/C20H24N4O4/c1-4-23-18(25)15(19(26)24(5-2)20(23)27)17-16-12(8-9-21-17)13-10-11(28-3)6-7-14(13)22-16/h6-7,10,17,21-22,25H,4-5,8-9H2,1-3H3/t17-/m1/s1. The molecule has 1 aliphatic heterocycles. The van der Waals surface area contributed by atoms with Gasteiger partial charge in [-0.1, -0.05) is 0 Å². The van der Waals surface area contributed by atoms with Crippen LogP contribution >= 0.6 is 0 Å². The highest BCUT2D eigenvalue weighted by Crippen LogP contribution is 2.36. The molecule has 4 rings (SSSR count). The van der Waals surface area contributed by atoms with Crippen molar-refractivity contribution in [2.75, 3.05) is 13.7 Å². The minimum Gasteiger partial charge on any atom is -0.497 e. The van der Waals surface area contributed by atoms with Gasteiger partial charge in [-0.2, -0.15) is 0 Å². The van der Waals surface area contributed by atoms with E-state index < -0.39 is 17.3 Å². The van der Waals surface area contributed by atoms with Crippen LogP contribution in [0, 0.1) is 0 Å². The fraction of sp³-hybridized carbons (Fsp3) is 0.400. The fourth-order valence-electron chi connectivity index (χ4n) is 4.11. The average molecular weight is 384 g/mol. The van der Waals surface area contributed by atoms with E-state index in [1.54, 1.807) is 21.0 Å². The van der Waals surface area contributed by atoms with Crippen molar-refractivity contribution < 1.29 is 9.84 Å². The maximum Gasteiger partial charge on any atom is 0.333 e. The molecule has 0 unspecified atom stereocenters. The lowest BCUT2D eigenvalue weighted by molar-refractivity contribution is 0.376. The summed E-state index contributed by atoms with van der Waals surface area (Å²) in [5.41, 5.74) is 2.12.